The quantitative estimate of drug-likeness (QED) is 0.792. The van der Waals surface area contributed by atoms with E-state index in [-0.39, 0.29) is 5.91 Å². The lowest BCUT2D eigenvalue weighted by molar-refractivity contribution is 0.102. The Morgan fingerprint density at radius 1 is 1.08 bits per heavy atom. The fourth-order valence-electron chi connectivity index (χ4n) is 3.51. The second-order valence-corrected chi connectivity index (χ2v) is 6.63. The number of aryl methyl sites for hydroxylation is 2. The maximum absolute atomic E-state index is 12.8. The van der Waals surface area contributed by atoms with Gasteiger partial charge < -0.3 is 10.2 Å². The van der Waals surface area contributed by atoms with E-state index in [0.29, 0.717) is 5.69 Å². The smallest absolute Gasteiger partial charge is 0.274 e. The fraction of sp³-hybridized carbons (Fsp3) is 0.300. The van der Waals surface area contributed by atoms with Crippen molar-refractivity contribution in [3.05, 3.63) is 59.5 Å². The lowest BCUT2D eigenvalue weighted by Crippen LogP contribution is -2.18. The molecule has 128 valence electrons. The number of hydrogen-bond donors (Lipinski definition) is 1. The van der Waals surface area contributed by atoms with E-state index in [4.69, 9.17) is 0 Å². The second-order valence-electron chi connectivity index (χ2n) is 6.63. The predicted octanol–water partition coefficient (Wildman–Crippen LogP) is 3.80. The minimum atomic E-state index is -0.135. The van der Waals surface area contributed by atoms with Gasteiger partial charge in [-0.1, -0.05) is 6.07 Å². The van der Waals surface area contributed by atoms with Crippen LogP contribution >= 0.6 is 0 Å². The first-order chi connectivity index (χ1) is 12.1. The maximum atomic E-state index is 12.8. The molecule has 1 saturated heterocycles. The molecule has 0 radical (unpaired) electrons. The number of pyridine rings is 1. The fourth-order valence-corrected chi connectivity index (χ4v) is 3.51. The molecule has 1 fully saturated rings. The average Bonchev–Trinajstić information content (AvgIpc) is 3.23. The van der Waals surface area contributed by atoms with Gasteiger partial charge in [0.2, 0.25) is 0 Å². The number of carbonyl (C=O) groups excluding carboxylic acids is 1. The number of anilines is 2. The molecule has 1 aliphatic rings. The molecule has 2 aromatic heterocycles. The minimum Gasteiger partial charge on any atom is -0.372 e. The number of fused-ring (bicyclic) bond motifs is 1. The molecule has 1 amide bonds. The topological polar surface area (TPSA) is 49.6 Å². The van der Waals surface area contributed by atoms with Gasteiger partial charge >= 0.3 is 0 Å². The molecule has 0 aliphatic carbocycles. The van der Waals surface area contributed by atoms with Crippen molar-refractivity contribution in [3.8, 4) is 0 Å². The van der Waals surface area contributed by atoms with Crippen LogP contribution in [-0.4, -0.2) is 28.4 Å². The van der Waals surface area contributed by atoms with Crippen LogP contribution in [0.25, 0.3) is 5.65 Å². The summed E-state index contributed by atoms with van der Waals surface area (Å²) in [5.74, 6) is -0.135. The third-order valence-electron chi connectivity index (χ3n) is 4.83. The number of benzene rings is 1. The van der Waals surface area contributed by atoms with Gasteiger partial charge in [-0.25, -0.2) is 4.98 Å². The molecule has 4 rings (SSSR count). The first-order valence-electron chi connectivity index (χ1n) is 8.74. The Balaban J connectivity index is 1.58. The molecule has 0 saturated carbocycles. The summed E-state index contributed by atoms with van der Waals surface area (Å²) in [5.41, 5.74) is 5.23. The zero-order chi connectivity index (χ0) is 17.4. The number of aromatic nitrogens is 2. The number of rotatable bonds is 3. The molecular weight excluding hydrogens is 312 g/mol. The number of imidazole rings is 1. The van der Waals surface area contributed by atoms with Crippen LogP contribution in [-0.2, 0) is 0 Å². The van der Waals surface area contributed by atoms with Crippen LogP contribution in [0.5, 0.6) is 0 Å². The van der Waals surface area contributed by atoms with Gasteiger partial charge in [0.25, 0.3) is 5.91 Å². The van der Waals surface area contributed by atoms with Crippen LogP contribution in [0.1, 0.15) is 34.6 Å². The van der Waals surface area contributed by atoms with Crippen LogP contribution in [0.3, 0.4) is 0 Å². The van der Waals surface area contributed by atoms with Gasteiger partial charge in [0, 0.05) is 30.7 Å². The highest BCUT2D eigenvalue weighted by Gasteiger charge is 2.18. The Bertz CT molecular complexity index is 921. The van der Waals surface area contributed by atoms with Gasteiger partial charge in [0.1, 0.15) is 11.3 Å². The van der Waals surface area contributed by atoms with Crippen molar-refractivity contribution in [1.82, 2.24) is 9.38 Å². The molecule has 0 spiro atoms. The van der Waals surface area contributed by atoms with Gasteiger partial charge in [-0.15, -0.1) is 0 Å². The minimum absolute atomic E-state index is 0.135. The van der Waals surface area contributed by atoms with Crippen molar-refractivity contribution < 1.29 is 4.79 Å². The highest BCUT2D eigenvalue weighted by molar-refractivity contribution is 6.04. The zero-order valence-electron chi connectivity index (χ0n) is 14.6. The Morgan fingerprint density at radius 3 is 2.52 bits per heavy atom. The van der Waals surface area contributed by atoms with E-state index in [1.165, 1.54) is 18.5 Å². The SMILES string of the molecule is Cc1nc2c(C)cccn2c1C(=O)Nc1ccc(N2CCCC2)cc1. The number of amides is 1. The highest BCUT2D eigenvalue weighted by atomic mass is 16.2. The highest BCUT2D eigenvalue weighted by Crippen LogP contribution is 2.23. The van der Waals surface area contributed by atoms with E-state index in [0.717, 1.165) is 35.7 Å². The van der Waals surface area contributed by atoms with Crippen LogP contribution in [0.15, 0.2) is 42.6 Å². The first-order valence-corrected chi connectivity index (χ1v) is 8.74. The number of nitrogens with one attached hydrogen (secondary N) is 1. The molecule has 3 heterocycles. The molecule has 5 heteroatoms. The van der Waals surface area contributed by atoms with E-state index in [9.17, 15) is 4.79 Å². The molecule has 0 atom stereocenters. The van der Waals surface area contributed by atoms with Gasteiger partial charge in [-0.05, 0) is 62.6 Å². The van der Waals surface area contributed by atoms with Crippen LogP contribution in [0.4, 0.5) is 11.4 Å². The van der Waals surface area contributed by atoms with E-state index in [2.05, 4.69) is 27.3 Å². The largest absolute Gasteiger partial charge is 0.372 e. The van der Waals surface area contributed by atoms with Gasteiger partial charge in [-0.3, -0.25) is 9.20 Å². The third kappa shape index (κ3) is 2.86. The molecule has 3 aromatic rings. The van der Waals surface area contributed by atoms with E-state index >= 15 is 0 Å². The van der Waals surface area contributed by atoms with E-state index in [1.54, 1.807) is 0 Å². The summed E-state index contributed by atoms with van der Waals surface area (Å²) in [6.07, 6.45) is 4.39. The molecular formula is C20H22N4O. The Labute approximate surface area is 147 Å². The van der Waals surface area contributed by atoms with Gasteiger partial charge in [0.05, 0.1) is 5.69 Å². The normalized spacial score (nSPS) is 14.2. The number of carbonyl (C=O) groups is 1. The van der Waals surface area contributed by atoms with E-state index in [1.807, 2.05) is 48.7 Å². The summed E-state index contributed by atoms with van der Waals surface area (Å²) in [6, 6.07) is 12.0. The summed E-state index contributed by atoms with van der Waals surface area (Å²) in [5, 5.41) is 3.00. The van der Waals surface area contributed by atoms with Crippen LogP contribution in [0.2, 0.25) is 0 Å². The average molecular weight is 334 g/mol. The zero-order valence-corrected chi connectivity index (χ0v) is 14.6. The molecule has 25 heavy (non-hydrogen) atoms. The summed E-state index contributed by atoms with van der Waals surface area (Å²) >= 11 is 0. The van der Waals surface area contributed by atoms with E-state index < -0.39 is 0 Å². The molecule has 0 unspecified atom stereocenters. The summed E-state index contributed by atoms with van der Waals surface area (Å²) in [4.78, 5) is 19.7. The standard InChI is InChI=1S/C20H22N4O/c1-14-6-5-13-24-18(15(2)21-19(14)24)20(25)22-16-7-9-17(10-8-16)23-11-3-4-12-23/h5-10,13H,3-4,11-12H2,1-2H3,(H,22,25). The van der Waals surface area contributed by atoms with Gasteiger partial charge in [-0.2, -0.15) is 0 Å². The number of hydrogen-bond acceptors (Lipinski definition) is 3. The van der Waals surface area contributed by atoms with Crippen LogP contribution in [0, 0.1) is 13.8 Å². The maximum Gasteiger partial charge on any atom is 0.274 e. The Hall–Kier alpha value is -2.82. The molecule has 1 N–H and O–H groups in total. The van der Waals surface area contributed by atoms with Crippen molar-refractivity contribution in [1.29, 1.82) is 0 Å². The second kappa shape index (κ2) is 6.24. The van der Waals surface area contributed by atoms with Crippen molar-refractivity contribution in [2.24, 2.45) is 0 Å². The molecule has 1 aromatic carbocycles. The predicted molar refractivity (Wildman–Crippen MR) is 101 cm³/mol. The van der Waals surface area contributed by atoms with Crippen LogP contribution < -0.4 is 10.2 Å². The lowest BCUT2D eigenvalue weighted by Gasteiger charge is -2.17. The van der Waals surface area contributed by atoms with Crippen molar-refractivity contribution in [2.45, 2.75) is 26.7 Å². The Kier molecular flexibility index (Phi) is 3.92. The Morgan fingerprint density at radius 2 is 1.80 bits per heavy atom. The lowest BCUT2D eigenvalue weighted by atomic mass is 10.2. The van der Waals surface area contributed by atoms with Crippen molar-refractivity contribution >= 4 is 22.9 Å². The molecule has 5 nitrogen and oxygen atoms in total. The summed E-state index contributed by atoms with van der Waals surface area (Å²) in [6.45, 7) is 6.11. The molecule has 1 aliphatic heterocycles. The molecule has 0 bridgehead atoms. The third-order valence-corrected chi connectivity index (χ3v) is 4.83. The summed E-state index contributed by atoms with van der Waals surface area (Å²) in [7, 11) is 0. The monoisotopic (exact) mass is 334 g/mol. The van der Waals surface area contributed by atoms with Gasteiger partial charge in [0.15, 0.2) is 0 Å². The first kappa shape index (κ1) is 15.7. The summed E-state index contributed by atoms with van der Waals surface area (Å²) < 4.78 is 1.86. The van der Waals surface area contributed by atoms with Crippen molar-refractivity contribution in [3.63, 3.8) is 0 Å². The van der Waals surface area contributed by atoms with Crippen molar-refractivity contribution in [2.75, 3.05) is 23.3 Å². The number of nitrogens with zero attached hydrogens (tertiary/aromatic N) is 3.